The molecule has 12 heteroatoms. The summed E-state index contributed by atoms with van der Waals surface area (Å²) >= 11 is 0. The van der Waals surface area contributed by atoms with Gasteiger partial charge in [0.25, 0.3) is 0 Å². The molecule has 0 aliphatic rings. The summed E-state index contributed by atoms with van der Waals surface area (Å²) in [5.74, 6) is -0.229. The zero-order valence-corrected chi connectivity index (χ0v) is 23.5. The van der Waals surface area contributed by atoms with Crippen LogP contribution in [0.5, 0.6) is 5.75 Å². The van der Waals surface area contributed by atoms with Gasteiger partial charge in [-0.05, 0) is 65.8 Å². The monoisotopic (exact) mass is 558 g/mol. The van der Waals surface area contributed by atoms with Crippen LogP contribution in [0.2, 0.25) is 0 Å². The van der Waals surface area contributed by atoms with E-state index in [4.69, 9.17) is 20.9 Å². The molecule has 0 aliphatic heterocycles. The van der Waals surface area contributed by atoms with Gasteiger partial charge in [-0.2, -0.15) is 0 Å². The third-order valence-electron chi connectivity index (χ3n) is 5.00. The molecule has 0 radical (unpaired) electrons. The maximum atomic E-state index is 12.7. The molecule has 0 fully saturated rings. The number of hydrogen-bond acceptors (Lipinski definition) is 7. The Balaban J connectivity index is 0.000000404. The Morgan fingerprint density at radius 3 is 2.00 bits per heavy atom. The van der Waals surface area contributed by atoms with Crippen LogP contribution in [-0.4, -0.2) is 42.1 Å². The molecule has 3 rings (SSSR count). The lowest BCUT2D eigenvalue weighted by atomic mass is 10.1. The van der Waals surface area contributed by atoms with Gasteiger partial charge in [-0.3, -0.25) is 11.5 Å². The number of nitrogens with two attached hydrogens (primary N) is 2. The van der Waals surface area contributed by atoms with Gasteiger partial charge in [0.15, 0.2) is 0 Å². The van der Waals surface area contributed by atoms with Crippen LogP contribution in [0.4, 0.5) is 10.5 Å². The number of carbonyl (C=O) groups is 2. The molecule has 210 valence electrons. The predicted molar refractivity (Wildman–Crippen MR) is 146 cm³/mol. The highest BCUT2D eigenvalue weighted by molar-refractivity contribution is 7.85. The molecule has 0 unspecified atom stereocenters. The number of amides is 1. The van der Waals surface area contributed by atoms with E-state index < -0.39 is 33.3 Å². The van der Waals surface area contributed by atoms with Gasteiger partial charge in [0.05, 0.1) is 4.90 Å². The SMILES string of the molecule is CC(C)(C)OC(=O)NC(C)(C)C(=O)Oc1cccc2c([NH+]=C(N)N)cccc12.Cc1ccc(S(=O)(=O)[O-])cc1. The van der Waals surface area contributed by atoms with Crippen molar-refractivity contribution in [2.75, 3.05) is 0 Å². The maximum absolute atomic E-state index is 12.7. The predicted octanol–water partition coefficient (Wildman–Crippen LogP) is 1.93. The van der Waals surface area contributed by atoms with E-state index >= 15 is 0 Å². The minimum absolute atomic E-state index is 0.0533. The van der Waals surface area contributed by atoms with Crippen molar-refractivity contribution in [1.29, 1.82) is 0 Å². The molecular formula is C27H34N4O7S. The van der Waals surface area contributed by atoms with Crippen LogP contribution in [0.3, 0.4) is 0 Å². The van der Waals surface area contributed by atoms with Crippen LogP contribution in [0.15, 0.2) is 65.6 Å². The topological polar surface area (TPSA) is 188 Å². The molecule has 11 nitrogen and oxygen atoms in total. The minimum Gasteiger partial charge on any atom is -0.744 e. The number of benzene rings is 3. The summed E-state index contributed by atoms with van der Waals surface area (Å²) in [6.07, 6.45) is -0.701. The summed E-state index contributed by atoms with van der Waals surface area (Å²) in [4.78, 5) is 27.4. The van der Waals surface area contributed by atoms with Gasteiger partial charge in [-0.15, -0.1) is 0 Å². The first-order chi connectivity index (χ1) is 17.9. The summed E-state index contributed by atoms with van der Waals surface area (Å²) in [7, 11) is -4.27. The van der Waals surface area contributed by atoms with E-state index in [0.717, 1.165) is 10.9 Å². The second-order valence-corrected chi connectivity index (χ2v) is 11.5. The fourth-order valence-corrected chi connectivity index (χ4v) is 3.65. The summed E-state index contributed by atoms with van der Waals surface area (Å²) in [6, 6.07) is 16.5. The average Bonchev–Trinajstić information content (AvgIpc) is 2.77. The molecule has 39 heavy (non-hydrogen) atoms. The molecule has 1 amide bonds. The van der Waals surface area contributed by atoms with Crippen molar-refractivity contribution < 1.29 is 37.0 Å². The Labute approximate surface area is 227 Å². The Morgan fingerprint density at radius 1 is 0.897 bits per heavy atom. The van der Waals surface area contributed by atoms with Crippen LogP contribution in [0, 0.1) is 6.92 Å². The van der Waals surface area contributed by atoms with Crippen LogP contribution in [0.1, 0.15) is 40.2 Å². The first-order valence-corrected chi connectivity index (χ1v) is 13.2. The largest absolute Gasteiger partial charge is 0.744 e. The number of fused-ring (bicyclic) bond motifs is 1. The van der Waals surface area contributed by atoms with E-state index in [1.54, 1.807) is 65.0 Å². The lowest BCUT2D eigenvalue weighted by molar-refractivity contribution is -0.354. The minimum atomic E-state index is -4.27. The molecular weight excluding hydrogens is 524 g/mol. The van der Waals surface area contributed by atoms with Crippen molar-refractivity contribution in [1.82, 2.24) is 5.32 Å². The second kappa shape index (κ2) is 12.1. The lowest BCUT2D eigenvalue weighted by Gasteiger charge is -2.27. The normalized spacial score (nSPS) is 11.6. The van der Waals surface area contributed by atoms with Crippen LogP contribution in [-0.2, 0) is 19.6 Å². The van der Waals surface area contributed by atoms with Gasteiger partial charge in [0, 0.05) is 10.8 Å². The van der Waals surface area contributed by atoms with Gasteiger partial charge in [-0.25, -0.2) is 23.0 Å². The number of rotatable bonds is 5. The van der Waals surface area contributed by atoms with Crippen molar-refractivity contribution in [3.8, 4) is 5.75 Å². The zero-order valence-electron chi connectivity index (χ0n) is 22.7. The van der Waals surface area contributed by atoms with Gasteiger partial charge in [-0.1, -0.05) is 42.0 Å². The van der Waals surface area contributed by atoms with E-state index in [1.165, 1.54) is 12.1 Å². The van der Waals surface area contributed by atoms with Gasteiger partial charge in [0.2, 0.25) is 0 Å². The Hall–Kier alpha value is -4.16. The number of nitrogens with one attached hydrogen (secondary N) is 2. The van der Waals surface area contributed by atoms with Crippen molar-refractivity contribution in [2.24, 2.45) is 11.5 Å². The van der Waals surface area contributed by atoms with E-state index in [-0.39, 0.29) is 10.9 Å². The molecule has 0 aliphatic carbocycles. The van der Waals surface area contributed by atoms with Crippen LogP contribution in [0.25, 0.3) is 10.8 Å². The molecule has 3 aromatic rings. The highest BCUT2D eigenvalue weighted by atomic mass is 32.2. The molecule has 0 spiro atoms. The Bertz CT molecular complexity index is 1470. The summed E-state index contributed by atoms with van der Waals surface area (Å²) in [5.41, 5.74) is 10.7. The van der Waals surface area contributed by atoms with Crippen molar-refractivity contribution >= 4 is 44.6 Å². The summed E-state index contributed by atoms with van der Waals surface area (Å²) in [6.45, 7) is 10.1. The van der Waals surface area contributed by atoms with Crippen molar-refractivity contribution in [3.63, 3.8) is 0 Å². The standard InChI is InChI=1S/C20H26N4O4.C7H8O3S/c1-19(2,3)28-18(26)24-20(4,5)16(25)27-15-11-7-8-12-13(15)9-6-10-14(12)23-17(21)22;1-6-2-4-7(5-3-6)11(8,9)10/h6-11H,1-5H3,(H,24,26)(H4,21,22,23);2-5H,1H3,(H,8,9,10). The first kappa shape index (κ1) is 31.1. The first-order valence-electron chi connectivity index (χ1n) is 11.8. The smallest absolute Gasteiger partial charge is 0.408 e. The fraction of sp³-hybridized carbons (Fsp3) is 0.296. The van der Waals surface area contributed by atoms with E-state index in [9.17, 15) is 22.6 Å². The van der Waals surface area contributed by atoms with Crippen molar-refractivity contribution in [3.05, 3.63) is 66.2 Å². The number of esters is 1. The van der Waals surface area contributed by atoms with E-state index in [1.807, 2.05) is 25.1 Å². The molecule has 0 aromatic heterocycles. The average molecular weight is 559 g/mol. The molecule has 0 saturated heterocycles. The van der Waals surface area contributed by atoms with Crippen molar-refractivity contribution in [2.45, 2.75) is 57.6 Å². The van der Waals surface area contributed by atoms with Gasteiger partial charge >= 0.3 is 18.0 Å². The van der Waals surface area contributed by atoms with E-state index in [2.05, 4.69) is 10.3 Å². The van der Waals surface area contributed by atoms with Crippen LogP contribution < -0.4 is 26.5 Å². The summed E-state index contributed by atoms with van der Waals surface area (Å²) in [5, 5.41) is 4.00. The van der Waals surface area contributed by atoms with Gasteiger partial charge in [0.1, 0.15) is 32.7 Å². The molecule has 0 atom stereocenters. The third kappa shape index (κ3) is 9.58. The van der Waals surface area contributed by atoms with E-state index in [0.29, 0.717) is 16.8 Å². The fourth-order valence-electron chi connectivity index (χ4n) is 3.18. The highest BCUT2D eigenvalue weighted by Crippen LogP contribution is 2.29. The number of hydrogen-bond donors (Lipinski definition) is 4. The van der Waals surface area contributed by atoms with Crippen LogP contribution >= 0.6 is 0 Å². The Morgan fingerprint density at radius 2 is 1.46 bits per heavy atom. The quantitative estimate of drug-likeness (QED) is 0.119. The molecule has 0 bridgehead atoms. The molecule has 0 heterocycles. The highest BCUT2D eigenvalue weighted by Gasteiger charge is 2.34. The van der Waals surface area contributed by atoms with Gasteiger partial charge < -0.3 is 19.3 Å². The molecule has 6 N–H and O–H groups in total. The number of ether oxygens (including phenoxy) is 2. The second-order valence-electron chi connectivity index (χ2n) is 10.1. The third-order valence-corrected chi connectivity index (χ3v) is 5.85. The number of guanidine groups is 1. The number of carbonyl (C=O) groups excluding carboxylic acids is 2. The number of aryl methyl sites for hydroxylation is 1. The Kier molecular flexibility index (Phi) is 9.66. The maximum Gasteiger partial charge on any atom is 0.408 e. The lowest BCUT2D eigenvalue weighted by Crippen LogP contribution is -2.72. The molecule has 0 saturated carbocycles. The molecule has 3 aromatic carbocycles. The zero-order chi connectivity index (χ0) is 29.6. The number of alkyl carbamates (subject to hydrolysis) is 1. The summed E-state index contributed by atoms with van der Waals surface area (Å²) < 4.78 is 41.9.